The van der Waals surface area contributed by atoms with E-state index in [0.29, 0.717) is 18.8 Å². The molecular formula is C41H42N6O3. The molecule has 4 aromatic heterocycles. The zero-order valence-corrected chi connectivity index (χ0v) is 29.2. The molecule has 5 heterocycles. The third-order valence-corrected chi connectivity index (χ3v) is 9.48. The average molecular weight is 667 g/mol. The van der Waals surface area contributed by atoms with Gasteiger partial charge < -0.3 is 20.1 Å². The summed E-state index contributed by atoms with van der Waals surface area (Å²) in [5.41, 5.74) is 10.4. The quantitative estimate of drug-likeness (QED) is 0.174. The molecule has 0 saturated carbocycles. The van der Waals surface area contributed by atoms with Crippen LogP contribution in [0.5, 0.6) is 0 Å². The third-order valence-electron chi connectivity index (χ3n) is 9.48. The highest BCUT2D eigenvalue weighted by Gasteiger charge is 2.33. The van der Waals surface area contributed by atoms with Crippen LogP contribution in [0.15, 0.2) is 85.5 Å². The minimum absolute atomic E-state index is 0.0420. The molecule has 1 saturated heterocycles. The minimum Gasteiger partial charge on any atom is -0.444 e. The predicted molar refractivity (Wildman–Crippen MR) is 197 cm³/mol. The molecule has 1 aliphatic rings. The molecule has 1 unspecified atom stereocenters. The molecule has 9 heteroatoms. The Hall–Kier alpha value is -5.41. The Balaban J connectivity index is 1.16. The van der Waals surface area contributed by atoms with Gasteiger partial charge >= 0.3 is 6.09 Å². The molecule has 6 aromatic rings. The molecular weight excluding hydrogens is 624 g/mol. The molecule has 2 aromatic carbocycles. The number of nitrogens with one attached hydrogen (secondary N) is 1. The fourth-order valence-corrected chi connectivity index (χ4v) is 6.92. The lowest BCUT2D eigenvalue weighted by atomic mass is 9.91. The van der Waals surface area contributed by atoms with Gasteiger partial charge in [0.05, 0.1) is 23.9 Å². The monoisotopic (exact) mass is 666 g/mol. The average Bonchev–Trinajstić information content (AvgIpc) is 3.60. The van der Waals surface area contributed by atoms with Crippen LogP contribution in [0.25, 0.3) is 32.9 Å². The van der Waals surface area contributed by atoms with Crippen LogP contribution in [-0.2, 0) is 17.8 Å². The van der Waals surface area contributed by atoms with E-state index in [4.69, 9.17) is 9.72 Å². The highest BCUT2D eigenvalue weighted by Crippen LogP contribution is 2.37. The SMILES string of the molecule is Cc1c(Cc2nccc3cc(CO)cnc23)cccc1-c1cccc(Nc2nccc3cc(C4CCCN4C(=O)OC(C)(C)C)cnc23)c1C. The number of fused-ring (bicyclic) bond motifs is 2. The summed E-state index contributed by atoms with van der Waals surface area (Å²) >= 11 is 0. The number of pyridine rings is 4. The molecule has 1 atom stereocenters. The van der Waals surface area contributed by atoms with E-state index in [2.05, 4.69) is 76.6 Å². The van der Waals surface area contributed by atoms with Crippen LogP contribution in [-0.4, -0.2) is 48.2 Å². The maximum atomic E-state index is 13.0. The number of aliphatic hydroxyl groups excluding tert-OH is 1. The molecule has 0 bridgehead atoms. The molecule has 1 aliphatic heterocycles. The zero-order valence-electron chi connectivity index (χ0n) is 29.2. The van der Waals surface area contributed by atoms with Gasteiger partial charge in [-0.1, -0.05) is 30.3 Å². The number of ether oxygens (including phenoxy) is 1. The van der Waals surface area contributed by atoms with Crippen molar-refractivity contribution in [2.75, 3.05) is 11.9 Å². The molecule has 7 rings (SSSR count). The Bertz CT molecular complexity index is 2230. The standard InChI is InChI=1S/C41H42N6O3/c1-25-28(21-35-37-29(14-16-42-35)19-27(24-48)22-44-37)9-6-10-32(25)33-11-7-12-34(26(33)2)46-39-38-30(15-17-43-39)20-31(23-45-38)36-13-8-18-47(36)40(49)50-41(3,4)5/h6-7,9-12,14-17,19-20,22-23,36,48H,8,13,18,21,24H2,1-5H3,(H,43,46). The van der Waals surface area contributed by atoms with E-state index < -0.39 is 5.60 Å². The Morgan fingerprint density at radius 1 is 0.900 bits per heavy atom. The van der Waals surface area contributed by atoms with Gasteiger partial charge in [0.1, 0.15) is 11.1 Å². The molecule has 0 radical (unpaired) electrons. The predicted octanol–water partition coefficient (Wildman–Crippen LogP) is 8.76. The van der Waals surface area contributed by atoms with Crippen molar-refractivity contribution in [2.24, 2.45) is 0 Å². The number of hydrogen-bond donors (Lipinski definition) is 2. The number of carbonyl (C=O) groups excluding carboxylic acids is 1. The summed E-state index contributed by atoms with van der Waals surface area (Å²) in [6, 6.07) is 20.6. The lowest BCUT2D eigenvalue weighted by Crippen LogP contribution is -2.36. The lowest BCUT2D eigenvalue weighted by molar-refractivity contribution is 0.0224. The van der Waals surface area contributed by atoms with Gasteiger partial charge in [0.15, 0.2) is 5.82 Å². The Labute approximate surface area is 292 Å². The van der Waals surface area contributed by atoms with Gasteiger partial charge in [0.2, 0.25) is 0 Å². The number of hydrogen-bond acceptors (Lipinski definition) is 8. The van der Waals surface area contributed by atoms with E-state index in [0.717, 1.165) is 73.8 Å². The first-order chi connectivity index (χ1) is 24.1. The van der Waals surface area contributed by atoms with Crippen molar-refractivity contribution in [3.8, 4) is 11.1 Å². The van der Waals surface area contributed by atoms with Crippen LogP contribution in [0.1, 0.15) is 73.2 Å². The van der Waals surface area contributed by atoms with Crippen molar-refractivity contribution < 1.29 is 14.6 Å². The molecule has 2 N–H and O–H groups in total. The van der Waals surface area contributed by atoms with E-state index in [1.54, 1.807) is 12.4 Å². The number of anilines is 2. The molecule has 1 fully saturated rings. The van der Waals surface area contributed by atoms with E-state index in [1.807, 2.05) is 56.3 Å². The Morgan fingerprint density at radius 3 is 2.40 bits per heavy atom. The van der Waals surface area contributed by atoms with Crippen LogP contribution >= 0.6 is 0 Å². The summed E-state index contributed by atoms with van der Waals surface area (Å²) < 4.78 is 5.70. The summed E-state index contributed by atoms with van der Waals surface area (Å²) in [5, 5.41) is 15.1. The lowest BCUT2D eigenvalue weighted by Gasteiger charge is -2.28. The largest absolute Gasteiger partial charge is 0.444 e. The highest BCUT2D eigenvalue weighted by atomic mass is 16.6. The number of rotatable bonds is 7. The molecule has 1 amide bonds. The summed E-state index contributed by atoms with van der Waals surface area (Å²) in [7, 11) is 0. The molecule has 0 aliphatic carbocycles. The summed E-state index contributed by atoms with van der Waals surface area (Å²) in [6.45, 7) is 10.6. The summed E-state index contributed by atoms with van der Waals surface area (Å²) in [5.74, 6) is 0.675. The minimum atomic E-state index is -0.547. The summed E-state index contributed by atoms with van der Waals surface area (Å²) in [4.78, 5) is 33.7. The number of benzene rings is 2. The van der Waals surface area contributed by atoms with Gasteiger partial charge in [0.25, 0.3) is 0 Å². The number of carbonyl (C=O) groups is 1. The van der Waals surface area contributed by atoms with Crippen LogP contribution in [0.3, 0.4) is 0 Å². The van der Waals surface area contributed by atoms with Crippen molar-refractivity contribution in [1.29, 1.82) is 0 Å². The van der Waals surface area contributed by atoms with Gasteiger partial charge in [-0.3, -0.25) is 15.0 Å². The fourth-order valence-electron chi connectivity index (χ4n) is 6.92. The number of likely N-dealkylation sites (tertiary alicyclic amines) is 1. The van der Waals surface area contributed by atoms with Gasteiger partial charge in [-0.25, -0.2) is 9.78 Å². The van der Waals surface area contributed by atoms with Crippen LogP contribution in [0, 0.1) is 13.8 Å². The number of aromatic nitrogens is 4. The van der Waals surface area contributed by atoms with Crippen molar-refractivity contribution >= 4 is 39.4 Å². The first-order valence-corrected chi connectivity index (χ1v) is 17.1. The zero-order chi connectivity index (χ0) is 35.0. The Kier molecular flexibility index (Phi) is 8.92. The van der Waals surface area contributed by atoms with Crippen LogP contribution in [0.4, 0.5) is 16.3 Å². The Morgan fingerprint density at radius 2 is 1.62 bits per heavy atom. The normalized spacial score (nSPS) is 14.8. The molecule has 9 nitrogen and oxygen atoms in total. The van der Waals surface area contributed by atoms with E-state index >= 15 is 0 Å². The first-order valence-electron chi connectivity index (χ1n) is 17.1. The second kappa shape index (κ2) is 13.5. The number of nitrogens with zero attached hydrogens (tertiary/aromatic N) is 5. The van der Waals surface area contributed by atoms with Crippen molar-refractivity contribution in [2.45, 2.75) is 72.1 Å². The second-order valence-electron chi connectivity index (χ2n) is 14.0. The number of aliphatic hydroxyl groups is 1. The molecule has 50 heavy (non-hydrogen) atoms. The van der Waals surface area contributed by atoms with Crippen molar-refractivity contribution in [1.82, 2.24) is 24.8 Å². The number of amides is 1. The highest BCUT2D eigenvalue weighted by molar-refractivity contribution is 5.91. The maximum absolute atomic E-state index is 13.0. The fraction of sp³-hybridized carbons (Fsp3) is 0.293. The smallest absolute Gasteiger partial charge is 0.410 e. The first kappa shape index (κ1) is 33.1. The molecule has 254 valence electrons. The van der Waals surface area contributed by atoms with Crippen LogP contribution < -0.4 is 5.32 Å². The van der Waals surface area contributed by atoms with Crippen LogP contribution in [0.2, 0.25) is 0 Å². The molecule has 0 spiro atoms. The van der Waals surface area contributed by atoms with Crippen molar-refractivity contribution in [3.63, 3.8) is 0 Å². The second-order valence-corrected chi connectivity index (χ2v) is 14.0. The topological polar surface area (TPSA) is 113 Å². The van der Waals surface area contributed by atoms with Crippen molar-refractivity contribution in [3.05, 3.63) is 119 Å². The van der Waals surface area contributed by atoms with Gasteiger partial charge in [0, 0.05) is 54.2 Å². The summed E-state index contributed by atoms with van der Waals surface area (Å²) in [6.07, 6.45) is 9.34. The van der Waals surface area contributed by atoms with Gasteiger partial charge in [-0.2, -0.15) is 0 Å². The van der Waals surface area contributed by atoms with E-state index in [1.165, 1.54) is 11.1 Å². The third kappa shape index (κ3) is 6.61. The van der Waals surface area contributed by atoms with E-state index in [9.17, 15) is 9.90 Å². The van der Waals surface area contributed by atoms with Gasteiger partial charge in [-0.05, 0) is 117 Å². The van der Waals surface area contributed by atoms with Gasteiger partial charge in [-0.15, -0.1) is 0 Å². The van der Waals surface area contributed by atoms with E-state index in [-0.39, 0.29) is 18.7 Å². The maximum Gasteiger partial charge on any atom is 0.410 e.